The Hall–Kier alpha value is -1.80. The largest absolute Gasteiger partial charge is 0.394 e. The molecule has 2 aromatic rings. The summed E-state index contributed by atoms with van der Waals surface area (Å²) >= 11 is 12.0. The van der Waals surface area contributed by atoms with Crippen LogP contribution in [-0.2, 0) is 9.53 Å². The molecule has 1 aliphatic heterocycles. The number of morpholine rings is 1. The minimum Gasteiger partial charge on any atom is -0.394 e. The van der Waals surface area contributed by atoms with Crippen molar-refractivity contribution in [2.75, 3.05) is 13.2 Å². The quantitative estimate of drug-likeness (QED) is 0.705. The van der Waals surface area contributed by atoms with Gasteiger partial charge in [-0.05, 0) is 35.4 Å². The first-order chi connectivity index (χ1) is 13.7. The smallest absolute Gasteiger partial charge is 0.391 e. The molecule has 29 heavy (non-hydrogen) atoms. The fraction of sp³-hybridized carbons (Fsp3) is 0.350. The van der Waals surface area contributed by atoms with Gasteiger partial charge in [0, 0.05) is 10.0 Å². The summed E-state index contributed by atoms with van der Waals surface area (Å²) in [4.78, 5) is 13.7. The van der Waals surface area contributed by atoms with Crippen molar-refractivity contribution < 1.29 is 27.8 Å². The number of aliphatic hydroxyl groups is 1. The minimum atomic E-state index is -4.55. The number of carbonyl (C=O) groups is 1. The number of ether oxygens (including phenoxy) is 1. The number of halogens is 5. The van der Waals surface area contributed by atoms with Crippen molar-refractivity contribution in [2.24, 2.45) is 0 Å². The third-order valence-corrected chi connectivity index (χ3v) is 5.21. The van der Waals surface area contributed by atoms with Crippen LogP contribution in [0.3, 0.4) is 0 Å². The van der Waals surface area contributed by atoms with E-state index in [0.29, 0.717) is 21.2 Å². The van der Waals surface area contributed by atoms with Crippen LogP contribution in [-0.4, -0.2) is 41.3 Å². The van der Waals surface area contributed by atoms with Crippen LogP contribution in [0, 0.1) is 0 Å². The van der Waals surface area contributed by atoms with Crippen LogP contribution in [0.15, 0.2) is 48.5 Å². The lowest BCUT2D eigenvalue weighted by atomic mass is 9.91. The van der Waals surface area contributed by atoms with E-state index < -0.39 is 49.9 Å². The summed E-state index contributed by atoms with van der Waals surface area (Å²) in [5.41, 5.74) is 1.15. The van der Waals surface area contributed by atoms with Gasteiger partial charge < -0.3 is 14.7 Å². The average Bonchev–Trinajstić information content (AvgIpc) is 2.66. The second-order valence-electron chi connectivity index (χ2n) is 6.74. The van der Waals surface area contributed by atoms with Crippen LogP contribution in [0.5, 0.6) is 0 Å². The summed E-state index contributed by atoms with van der Waals surface area (Å²) in [6.07, 6.45) is -6.65. The maximum Gasteiger partial charge on any atom is 0.391 e. The van der Waals surface area contributed by atoms with E-state index in [1.54, 1.807) is 48.5 Å². The SMILES string of the molecule is O=C1COC(c2cccc(Cl)c2)C(c2ccc(Cl)cc2)N1C(CO)CC(F)(F)F. The Kier molecular flexibility index (Phi) is 6.73. The molecule has 156 valence electrons. The van der Waals surface area contributed by atoms with Crippen molar-refractivity contribution in [3.63, 3.8) is 0 Å². The normalized spacial score (nSPS) is 21.3. The van der Waals surface area contributed by atoms with Crippen molar-refractivity contribution in [3.05, 3.63) is 69.7 Å². The molecule has 3 unspecified atom stereocenters. The molecule has 1 aliphatic rings. The molecule has 0 spiro atoms. The number of amides is 1. The topological polar surface area (TPSA) is 49.8 Å². The fourth-order valence-corrected chi connectivity index (χ4v) is 3.86. The first-order valence-corrected chi connectivity index (χ1v) is 9.56. The molecule has 1 fully saturated rings. The third-order valence-electron chi connectivity index (χ3n) is 4.72. The van der Waals surface area contributed by atoms with E-state index in [0.717, 1.165) is 4.90 Å². The van der Waals surface area contributed by atoms with Crippen LogP contribution in [0.25, 0.3) is 0 Å². The number of carbonyl (C=O) groups excluding carboxylic acids is 1. The molecule has 1 heterocycles. The van der Waals surface area contributed by atoms with Gasteiger partial charge in [-0.15, -0.1) is 0 Å². The predicted molar refractivity (Wildman–Crippen MR) is 103 cm³/mol. The molecule has 3 atom stereocenters. The minimum absolute atomic E-state index is 0.407. The number of hydrogen-bond donors (Lipinski definition) is 1. The van der Waals surface area contributed by atoms with E-state index in [9.17, 15) is 23.1 Å². The molecule has 0 aliphatic carbocycles. The van der Waals surface area contributed by atoms with Crippen molar-refractivity contribution in [2.45, 2.75) is 30.8 Å². The zero-order valence-electron chi connectivity index (χ0n) is 15.1. The maximum atomic E-state index is 13.1. The van der Waals surface area contributed by atoms with Crippen LogP contribution in [0.2, 0.25) is 10.0 Å². The van der Waals surface area contributed by atoms with Crippen LogP contribution in [0.4, 0.5) is 13.2 Å². The highest BCUT2D eigenvalue weighted by Crippen LogP contribution is 2.43. The first kappa shape index (κ1) is 21.9. The zero-order chi connectivity index (χ0) is 21.2. The first-order valence-electron chi connectivity index (χ1n) is 8.81. The van der Waals surface area contributed by atoms with Gasteiger partial charge in [0.1, 0.15) is 12.7 Å². The lowest BCUT2D eigenvalue weighted by molar-refractivity contribution is -0.181. The van der Waals surface area contributed by atoms with Gasteiger partial charge in [0.05, 0.1) is 25.1 Å². The average molecular weight is 448 g/mol. The standard InChI is InChI=1S/C20H18Cl2F3NO3/c21-14-6-4-12(5-7-14)18-19(13-2-1-3-15(22)8-13)29-11-17(28)26(18)16(10-27)9-20(23,24)25/h1-8,16,18-19,27H,9-11H2. The molecule has 1 saturated heterocycles. The number of alkyl halides is 3. The highest BCUT2D eigenvalue weighted by atomic mass is 35.5. The van der Waals surface area contributed by atoms with Gasteiger partial charge in [-0.1, -0.05) is 47.5 Å². The lowest BCUT2D eigenvalue weighted by Crippen LogP contribution is -2.53. The Balaban J connectivity index is 2.09. The summed E-state index contributed by atoms with van der Waals surface area (Å²) in [5.74, 6) is -0.633. The van der Waals surface area contributed by atoms with Gasteiger partial charge in [0.2, 0.25) is 5.91 Å². The van der Waals surface area contributed by atoms with E-state index in [4.69, 9.17) is 27.9 Å². The molecule has 1 amide bonds. The van der Waals surface area contributed by atoms with Gasteiger partial charge in [0.15, 0.2) is 0 Å². The summed E-state index contributed by atoms with van der Waals surface area (Å²) in [5, 5.41) is 10.6. The predicted octanol–water partition coefficient (Wildman–Crippen LogP) is 4.95. The molecule has 3 rings (SSSR count). The van der Waals surface area contributed by atoms with Crippen molar-refractivity contribution in [1.82, 2.24) is 4.90 Å². The van der Waals surface area contributed by atoms with Gasteiger partial charge >= 0.3 is 6.18 Å². The van der Waals surface area contributed by atoms with Crippen molar-refractivity contribution in [3.8, 4) is 0 Å². The van der Waals surface area contributed by atoms with Crippen LogP contribution in [0.1, 0.15) is 29.7 Å². The number of hydrogen-bond acceptors (Lipinski definition) is 3. The van der Waals surface area contributed by atoms with E-state index in [-0.39, 0.29) is 0 Å². The van der Waals surface area contributed by atoms with E-state index in [2.05, 4.69) is 0 Å². The Morgan fingerprint density at radius 1 is 1.10 bits per heavy atom. The van der Waals surface area contributed by atoms with Gasteiger partial charge in [-0.3, -0.25) is 4.79 Å². The monoisotopic (exact) mass is 447 g/mol. The highest BCUT2D eigenvalue weighted by molar-refractivity contribution is 6.30. The van der Waals surface area contributed by atoms with E-state index >= 15 is 0 Å². The summed E-state index contributed by atoms with van der Waals surface area (Å²) < 4.78 is 45.1. The summed E-state index contributed by atoms with van der Waals surface area (Å²) in [7, 11) is 0. The summed E-state index contributed by atoms with van der Waals surface area (Å²) in [6, 6.07) is 10.8. The van der Waals surface area contributed by atoms with Crippen LogP contribution < -0.4 is 0 Å². The number of benzene rings is 2. The third kappa shape index (κ3) is 5.22. The second-order valence-corrected chi connectivity index (χ2v) is 7.61. The molecule has 0 radical (unpaired) electrons. The highest BCUT2D eigenvalue weighted by Gasteiger charge is 2.45. The molecule has 0 bridgehead atoms. The van der Waals surface area contributed by atoms with Gasteiger partial charge in [-0.25, -0.2) is 0 Å². The lowest BCUT2D eigenvalue weighted by Gasteiger charge is -2.45. The Bertz CT molecular complexity index is 861. The molecule has 9 heteroatoms. The number of aliphatic hydroxyl groups excluding tert-OH is 1. The Morgan fingerprint density at radius 2 is 1.79 bits per heavy atom. The number of nitrogens with zero attached hydrogens (tertiary/aromatic N) is 1. The van der Waals surface area contributed by atoms with E-state index in [1.807, 2.05) is 0 Å². The maximum absolute atomic E-state index is 13.1. The summed E-state index contributed by atoms with van der Waals surface area (Å²) in [6.45, 7) is -1.24. The van der Waals surface area contributed by atoms with Crippen LogP contribution >= 0.6 is 23.2 Å². The molecule has 0 aromatic heterocycles. The fourth-order valence-electron chi connectivity index (χ4n) is 3.53. The molecular weight excluding hydrogens is 430 g/mol. The van der Waals surface area contributed by atoms with E-state index in [1.165, 1.54) is 0 Å². The number of rotatable bonds is 5. The molecule has 0 saturated carbocycles. The zero-order valence-corrected chi connectivity index (χ0v) is 16.6. The Morgan fingerprint density at radius 3 is 2.38 bits per heavy atom. The Labute approximate surface area is 175 Å². The van der Waals surface area contributed by atoms with Gasteiger partial charge in [-0.2, -0.15) is 13.2 Å². The van der Waals surface area contributed by atoms with Gasteiger partial charge in [0.25, 0.3) is 0 Å². The molecule has 1 N–H and O–H groups in total. The molecule has 2 aromatic carbocycles. The molecule has 4 nitrogen and oxygen atoms in total. The van der Waals surface area contributed by atoms with Crippen molar-refractivity contribution >= 4 is 29.1 Å². The molecular formula is C20H18Cl2F3NO3. The van der Waals surface area contributed by atoms with Crippen molar-refractivity contribution in [1.29, 1.82) is 0 Å². The second kappa shape index (κ2) is 8.92.